The maximum atomic E-state index is 11.9. The van der Waals surface area contributed by atoms with E-state index in [1.54, 1.807) is 6.07 Å². The van der Waals surface area contributed by atoms with Crippen molar-refractivity contribution in [1.82, 2.24) is 0 Å². The molecule has 1 atom stereocenters. The normalized spacial score (nSPS) is 12.3. The minimum Gasteiger partial charge on any atom is -0.302 e. The second-order valence-corrected chi connectivity index (χ2v) is 4.90. The fourth-order valence-corrected chi connectivity index (χ4v) is 2.78. The van der Waals surface area contributed by atoms with Crippen LogP contribution in [0.1, 0.15) is 20.5 Å². The number of aldehydes is 1. The number of rotatable bonds is 4. The first kappa shape index (κ1) is 10.3. The highest BCUT2D eigenvalue weighted by molar-refractivity contribution is 7.12. The molecule has 0 aliphatic carbocycles. The monoisotopic (exact) mass is 236 g/mol. The smallest absolute Gasteiger partial charge is 0.188 e. The summed E-state index contributed by atoms with van der Waals surface area (Å²) in [6.07, 6.45) is 0.716. The van der Waals surface area contributed by atoms with Gasteiger partial charge in [-0.3, -0.25) is 4.79 Å². The molecule has 0 saturated heterocycles. The lowest BCUT2D eigenvalue weighted by Crippen LogP contribution is -2.11. The van der Waals surface area contributed by atoms with Crippen LogP contribution in [0.3, 0.4) is 0 Å². The van der Waals surface area contributed by atoms with Gasteiger partial charge in [0.25, 0.3) is 0 Å². The van der Waals surface area contributed by atoms with Gasteiger partial charge in [-0.05, 0) is 22.9 Å². The number of carbonyl (C=O) groups excluding carboxylic acids is 2. The molecule has 4 heteroatoms. The van der Waals surface area contributed by atoms with Crippen molar-refractivity contribution >= 4 is 34.7 Å². The largest absolute Gasteiger partial charge is 0.302 e. The van der Waals surface area contributed by atoms with E-state index in [-0.39, 0.29) is 5.78 Å². The van der Waals surface area contributed by atoms with E-state index in [0.29, 0.717) is 11.2 Å². The Morgan fingerprint density at radius 2 is 1.93 bits per heavy atom. The minimum absolute atomic E-state index is 0.109. The van der Waals surface area contributed by atoms with Crippen LogP contribution >= 0.6 is 22.7 Å². The SMILES string of the molecule is O=CC(C(=O)c1cccs1)c1cccs1. The van der Waals surface area contributed by atoms with Crippen LogP contribution < -0.4 is 0 Å². The summed E-state index contributed by atoms with van der Waals surface area (Å²) < 4.78 is 0. The third kappa shape index (κ3) is 2.06. The van der Waals surface area contributed by atoms with Gasteiger partial charge in [-0.15, -0.1) is 22.7 Å². The summed E-state index contributed by atoms with van der Waals surface area (Å²) in [6, 6.07) is 7.22. The van der Waals surface area contributed by atoms with Gasteiger partial charge in [0.15, 0.2) is 5.78 Å². The zero-order valence-corrected chi connectivity index (χ0v) is 9.38. The van der Waals surface area contributed by atoms with Gasteiger partial charge >= 0.3 is 0 Å². The van der Waals surface area contributed by atoms with Gasteiger partial charge in [0, 0.05) is 4.88 Å². The number of Topliss-reactive ketones (excluding diaryl/α,β-unsaturated/α-hetero) is 1. The van der Waals surface area contributed by atoms with Gasteiger partial charge < -0.3 is 4.79 Å². The summed E-state index contributed by atoms with van der Waals surface area (Å²) in [4.78, 5) is 24.3. The van der Waals surface area contributed by atoms with Crippen LogP contribution in [-0.2, 0) is 4.79 Å². The van der Waals surface area contributed by atoms with Gasteiger partial charge in [0.1, 0.15) is 12.2 Å². The predicted octanol–water partition coefficient (Wildman–Crippen LogP) is 2.98. The minimum atomic E-state index is -0.636. The summed E-state index contributed by atoms with van der Waals surface area (Å²) in [5.41, 5.74) is 0. The van der Waals surface area contributed by atoms with Crippen LogP contribution in [0.4, 0.5) is 0 Å². The summed E-state index contributed by atoms with van der Waals surface area (Å²) in [6.45, 7) is 0. The molecule has 2 nitrogen and oxygen atoms in total. The third-order valence-electron chi connectivity index (χ3n) is 2.03. The van der Waals surface area contributed by atoms with Crippen LogP contribution in [0.25, 0.3) is 0 Å². The first-order valence-electron chi connectivity index (χ1n) is 4.39. The molecule has 76 valence electrons. The topological polar surface area (TPSA) is 34.1 Å². The molecule has 0 N–H and O–H groups in total. The molecule has 0 aromatic carbocycles. The van der Waals surface area contributed by atoms with E-state index in [1.165, 1.54) is 22.7 Å². The van der Waals surface area contributed by atoms with Crippen LogP contribution in [0.5, 0.6) is 0 Å². The lowest BCUT2D eigenvalue weighted by Gasteiger charge is -2.04. The molecule has 0 aliphatic heterocycles. The Labute approximate surface area is 95.2 Å². The highest BCUT2D eigenvalue weighted by Crippen LogP contribution is 2.25. The summed E-state index contributed by atoms with van der Waals surface area (Å²) in [5.74, 6) is -0.744. The first-order chi connectivity index (χ1) is 7.33. The molecule has 15 heavy (non-hydrogen) atoms. The number of carbonyl (C=O) groups is 2. The molecule has 2 aromatic rings. The molecule has 2 heterocycles. The summed E-state index contributed by atoms with van der Waals surface area (Å²) in [7, 11) is 0. The Morgan fingerprint density at radius 1 is 1.20 bits per heavy atom. The molecule has 0 spiro atoms. The number of hydrogen-bond acceptors (Lipinski definition) is 4. The molecule has 0 saturated carbocycles. The molecule has 2 aromatic heterocycles. The second-order valence-electron chi connectivity index (χ2n) is 2.97. The molecule has 0 aliphatic rings. The molecular formula is C11H8O2S2. The van der Waals surface area contributed by atoms with Crippen molar-refractivity contribution in [3.05, 3.63) is 44.8 Å². The van der Waals surface area contributed by atoms with Crippen LogP contribution in [0, 0.1) is 0 Å². The van der Waals surface area contributed by atoms with Crippen molar-refractivity contribution in [1.29, 1.82) is 0 Å². The van der Waals surface area contributed by atoms with Crippen LogP contribution in [0.15, 0.2) is 35.0 Å². The lowest BCUT2D eigenvalue weighted by atomic mass is 10.0. The van der Waals surface area contributed by atoms with E-state index in [2.05, 4.69) is 0 Å². The number of ketones is 1. The zero-order valence-electron chi connectivity index (χ0n) is 7.75. The Kier molecular flexibility index (Phi) is 3.08. The summed E-state index contributed by atoms with van der Waals surface area (Å²) >= 11 is 2.80. The van der Waals surface area contributed by atoms with Crippen LogP contribution in [-0.4, -0.2) is 12.1 Å². The van der Waals surface area contributed by atoms with Crippen molar-refractivity contribution < 1.29 is 9.59 Å². The Balaban J connectivity index is 2.29. The van der Waals surface area contributed by atoms with E-state index in [4.69, 9.17) is 0 Å². The summed E-state index contributed by atoms with van der Waals surface area (Å²) in [5, 5.41) is 3.71. The highest BCUT2D eigenvalue weighted by atomic mass is 32.1. The Bertz CT molecular complexity index is 443. The van der Waals surface area contributed by atoms with E-state index in [9.17, 15) is 9.59 Å². The predicted molar refractivity (Wildman–Crippen MR) is 61.8 cm³/mol. The molecule has 2 rings (SSSR count). The first-order valence-corrected chi connectivity index (χ1v) is 6.15. The molecular weight excluding hydrogens is 228 g/mol. The second kappa shape index (κ2) is 4.51. The van der Waals surface area contributed by atoms with Crippen molar-refractivity contribution in [2.75, 3.05) is 0 Å². The number of thiophene rings is 2. The van der Waals surface area contributed by atoms with E-state index < -0.39 is 5.92 Å². The number of hydrogen-bond donors (Lipinski definition) is 0. The Morgan fingerprint density at radius 3 is 2.47 bits per heavy atom. The standard InChI is InChI=1S/C11H8O2S2/c12-7-8(9-3-1-5-14-9)11(13)10-4-2-6-15-10/h1-8H. The molecule has 1 unspecified atom stereocenters. The van der Waals surface area contributed by atoms with Crippen molar-refractivity contribution in [2.24, 2.45) is 0 Å². The molecule has 0 bridgehead atoms. The van der Waals surface area contributed by atoms with Gasteiger partial charge in [0.2, 0.25) is 0 Å². The van der Waals surface area contributed by atoms with Gasteiger partial charge in [-0.25, -0.2) is 0 Å². The third-order valence-corrected chi connectivity index (χ3v) is 3.87. The maximum absolute atomic E-state index is 11.9. The van der Waals surface area contributed by atoms with Gasteiger partial charge in [-0.2, -0.15) is 0 Å². The molecule has 0 radical (unpaired) electrons. The average Bonchev–Trinajstić information content (AvgIpc) is 2.91. The van der Waals surface area contributed by atoms with Crippen molar-refractivity contribution in [2.45, 2.75) is 5.92 Å². The van der Waals surface area contributed by atoms with E-state index in [1.807, 2.05) is 29.0 Å². The van der Waals surface area contributed by atoms with E-state index in [0.717, 1.165) is 4.88 Å². The van der Waals surface area contributed by atoms with Crippen molar-refractivity contribution in [3.8, 4) is 0 Å². The zero-order chi connectivity index (χ0) is 10.7. The van der Waals surface area contributed by atoms with Gasteiger partial charge in [-0.1, -0.05) is 12.1 Å². The quantitative estimate of drug-likeness (QED) is 0.464. The molecule has 0 fully saturated rings. The fourth-order valence-electron chi connectivity index (χ4n) is 1.30. The highest BCUT2D eigenvalue weighted by Gasteiger charge is 2.22. The maximum Gasteiger partial charge on any atom is 0.188 e. The van der Waals surface area contributed by atoms with E-state index >= 15 is 0 Å². The average molecular weight is 236 g/mol. The van der Waals surface area contributed by atoms with Crippen molar-refractivity contribution in [3.63, 3.8) is 0 Å². The van der Waals surface area contributed by atoms with Gasteiger partial charge in [0.05, 0.1) is 4.88 Å². The lowest BCUT2D eigenvalue weighted by molar-refractivity contribution is -0.108. The fraction of sp³-hybridized carbons (Fsp3) is 0.0909. The Hall–Kier alpha value is -1.26. The van der Waals surface area contributed by atoms with Crippen LogP contribution in [0.2, 0.25) is 0 Å². The molecule has 0 amide bonds.